The Labute approximate surface area is 264 Å². The second kappa shape index (κ2) is 24.3. The maximum atomic E-state index is 7.11. The van der Waals surface area contributed by atoms with Gasteiger partial charge in [-0.15, -0.1) is 0 Å². The van der Waals surface area contributed by atoms with Crippen LogP contribution >= 0.6 is 0 Å². The molecule has 1 aliphatic rings. The van der Waals surface area contributed by atoms with Gasteiger partial charge in [0, 0.05) is 25.7 Å². The van der Waals surface area contributed by atoms with Gasteiger partial charge in [0.25, 0.3) is 5.97 Å². The summed E-state index contributed by atoms with van der Waals surface area (Å²) in [7, 11) is -3.02. The lowest BCUT2D eigenvalue weighted by Gasteiger charge is -2.45. The Morgan fingerprint density at radius 3 is 1.24 bits per heavy atom. The van der Waals surface area contributed by atoms with Crippen LogP contribution in [-0.4, -0.2) is 41.2 Å². The van der Waals surface area contributed by atoms with Gasteiger partial charge in [-0.3, -0.25) is 0 Å². The lowest BCUT2D eigenvalue weighted by molar-refractivity contribution is -0.374. The van der Waals surface area contributed by atoms with E-state index in [1.807, 2.05) is 0 Å². The van der Waals surface area contributed by atoms with Crippen LogP contribution < -0.4 is 0 Å². The molecule has 42 heavy (non-hydrogen) atoms. The zero-order chi connectivity index (χ0) is 31.1. The van der Waals surface area contributed by atoms with Crippen molar-refractivity contribution >= 4 is 8.80 Å². The molecule has 6 heteroatoms. The van der Waals surface area contributed by atoms with Crippen LogP contribution in [0.1, 0.15) is 171 Å². The molecular weight excluding hydrogens is 540 g/mol. The second-order valence-electron chi connectivity index (χ2n) is 13.2. The van der Waals surface area contributed by atoms with E-state index in [-0.39, 0.29) is 0 Å². The normalized spacial score (nSPS) is 24.0. The third-order valence-electron chi connectivity index (χ3n) is 9.61. The quantitative estimate of drug-likeness (QED) is 0.0648. The number of hydrogen-bond acceptors (Lipinski definition) is 5. The van der Waals surface area contributed by atoms with Gasteiger partial charge in [0.05, 0.1) is 13.2 Å². The summed E-state index contributed by atoms with van der Waals surface area (Å²) in [4.78, 5) is 0. The van der Waals surface area contributed by atoms with Crippen LogP contribution in [0.3, 0.4) is 0 Å². The van der Waals surface area contributed by atoms with Crippen LogP contribution in [0.25, 0.3) is 0 Å². The molecule has 1 fully saturated rings. The molecule has 1 aliphatic heterocycles. The fourth-order valence-electron chi connectivity index (χ4n) is 5.92. The van der Waals surface area contributed by atoms with E-state index in [0.717, 1.165) is 44.6 Å². The summed E-state index contributed by atoms with van der Waals surface area (Å²) in [6.45, 7) is 21.0. The Balaban J connectivity index is 3.25. The maximum absolute atomic E-state index is 7.11. The van der Waals surface area contributed by atoms with Crippen LogP contribution in [0.5, 0.6) is 0 Å². The van der Waals surface area contributed by atoms with Crippen molar-refractivity contribution in [1.82, 2.24) is 0 Å². The number of ether oxygens (including phenoxy) is 2. The molecular formula is C36H74O5Si. The standard InChI is InChI=1S/C36H74O5Si/c1-9-17-22-32(13-5)28-37-36(38-29-33(14-6)23-18-10-2)26-21-27-42(41-36,39-30-34(15-7)24-19-11-3)40-31-35(16-8)25-20-12-4/h32-35H,9-31H2,1-8H3. The van der Waals surface area contributed by atoms with Gasteiger partial charge in [0.2, 0.25) is 0 Å². The maximum Gasteiger partial charge on any atom is 0.504 e. The molecule has 252 valence electrons. The fraction of sp³-hybridized carbons (Fsp3) is 1.00. The fourth-order valence-corrected chi connectivity index (χ4v) is 8.80. The predicted molar refractivity (Wildman–Crippen MR) is 181 cm³/mol. The minimum Gasteiger partial charge on any atom is -0.373 e. The van der Waals surface area contributed by atoms with Crippen LogP contribution in [0.15, 0.2) is 0 Å². The molecule has 4 atom stereocenters. The summed E-state index contributed by atoms with van der Waals surface area (Å²) in [5.41, 5.74) is 0. The highest BCUT2D eigenvalue weighted by Crippen LogP contribution is 2.39. The Morgan fingerprint density at radius 2 is 0.905 bits per heavy atom. The number of rotatable bonds is 28. The van der Waals surface area contributed by atoms with E-state index in [4.69, 9.17) is 22.8 Å². The average Bonchev–Trinajstić information content (AvgIpc) is 3.01. The molecule has 0 amide bonds. The van der Waals surface area contributed by atoms with Crippen molar-refractivity contribution in [2.24, 2.45) is 23.7 Å². The third-order valence-corrected chi connectivity index (χ3v) is 12.4. The minimum atomic E-state index is -3.02. The van der Waals surface area contributed by atoms with Crippen molar-refractivity contribution in [3.63, 3.8) is 0 Å². The van der Waals surface area contributed by atoms with Gasteiger partial charge < -0.3 is 22.8 Å². The van der Waals surface area contributed by atoms with E-state index in [0.29, 0.717) is 50.1 Å². The van der Waals surface area contributed by atoms with Gasteiger partial charge in [0.15, 0.2) is 0 Å². The van der Waals surface area contributed by atoms with Crippen molar-refractivity contribution in [2.75, 3.05) is 26.4 Å². The van der Waals surface area contributed by atoms with Crippen LogP contribution in [-0.2, 0) is 22.8 Å². The molecule has 4 unspecified atom stereocenters. The number of unbranched alkanes of at least 4 members (excludes halogenated alkanes) is 4. The summed E-state index contributed by atoms with van der Waals surface area (Å²) >= 11 is 0. The first kappa shape index (κ1) is 40.0. The summed E-state index contributed by atoms with van der Waals surface area (Å²) in [6.07, 6.45) is 20.8. The third kappa shape index (κ3) is 15.8. The highest BCUT2D eigenvalue weighted by atomic mass is 28.4. The molecule has 1 heterocycles. The monoisotopic (exact) mass is 615 g/mol. The predicted octanol–water partition coefficient (Wildman–Crippen LogP) is 11.3. The Morgan fingerprint density at radius 1 is 0.548 bits per heavy atom. The van der Waals surface area contributed by atoms with E-state index in [1.165, 1.54) is 77.0 Å². The average molecular weight is 615 g/mol. The van der Waals surface area contributed by atoms with E-state index in [1.54, 1.807) is 0 Å². The molecule has 1 saturated heterocycles. The molecule has 0 spiro atoms. The highest BCUT2D eigenvalue weighted by molar-refractivity contribution is 6.61. The summed E-state index contributed by atoms with van der Waals surface area (Å²) in [5, 5.41) is 0. The van der Waals surface area contributed by atoms with E-state index in [9.17, 15) is 0 Å². The molecule has 1 rings (SSSR count). The highest BCUT2D eigenvalue weighted by Gasteiger charge is 2.55. The van der Waals surface area contributed by atoms with Gasteiger partial charge in [-0.25, -0.2) is 0 Å². The Hall–Kier alpha value is 0.0169. The lowest BCUT2D eigenvalue weighted by Crippen LogP contribution is -2.59. The first-order valence-corrected chi connectivity index (χ1v) is 20.6. The first-order chi connectivity index (χ1) is 20.4. The molecule has 0 aromatic carbocycles. The minimum absolute atomic E-state index is 0.521. The molecule has 0 aliphatic carbocycles. The first-order valence-electron chi connectivity index (χ1n) is 18.6. The van der Waals surface area contributed by atoms with Crippen LogP contribution in [0.4, 0.5) is 0 Å². The second-order valence-corrected chi connectivity index (χ2v) is 15.9. The van der Waals surface area contributed by atoms with Gasteiger partial charge in [-0.1, -0.05) is 132 Å². The molecule has 0 saturated carbocycles. The van der Waals surface area contributed by atoms with Gasteiger partial charge in [-0.2, -0.15) is 0 Å². The van der Waals surface area contributed by atoms with Crippen molar-refractivity contribution in [2.45, 2.75) is 183 Å². The Kier molecular flexibility index (Phi) is 23.1. The largest absolute Gasteiger partial charge is 0.504 e. The van der Waals surface area contributed by atoms with Crippen LogP contribution in [0.2, 0.25) is 6.04 Å². The Bertz CT molecular complexity index is 528. The molecule has 0 bridgehead atoms. The molecule has 0 aromatic heterocycles. The molecule has 5 nitrogen and oxygen atoms in total. The van der Waals surface area contributed by atoms with Gasteiger partial charge in [-0.05, 0) is 55.8 Å². The van der Waals surface area contributed by atoms with E-state index in [2.05, 4.69) is 55.4 Å². The van der Waals surface area contributed by atoms with Gasteiger partial charge in [0.1, 0.15) is 0 Å². The zero-order valence-corrected chi connectivity index (χ0v) is 30.6. The molecule has 0 N–H and O–H groups in total. The number of hydrogen-bond donors (Lipinski definition) is 0. The van der Waals surface area contributed by atoms with Gasteiger partial charge >= 0.3 is 8.80 Å². The SMILES string of the molecule is CCCCC(CC)COC1(OCC(CC)CCCC)CCC[Si](OCC(CC)CCCC)(OCC(CC)CCCC)O1. The molecule has 0 aromatic rings. The van der Waals surface area contributed by atoms with E-state index < -0.39 is 14.8 Å². The van der Waals surface area contributed by atoms with E-state index >= 15 is 0 Å². The van der Waals surface area contributed by atoms with Crippen molar-refractivity contribution < 1.29 is 22.8 Å². The lowest BCUT2D eigenvalue weighted by atomic mass is 10.0. The van der Waals surface area contributed by atoms with Crippen LogP contribution in [0, 0.1) is 23.7 Å². The smallest absolute Gasteiger partial charge is 0.373 e. The summed E-state index contributed by atoms with van der Waals surface area (Å²) in [6, 6.07) is 0.857. The van der Waals surface area contributed by atoms with Crippen molar-refractivity contribution in [1.29, 1.82) is 0 Å². The summed E-state index contributed by atoms with van der Waals surface area (Å²) < 4.78 is 34.5. The molecule has 0 radical (unpaired) electrons. The van der Waals surface area contributed by atoms with Crippen molar-refractivity contribution in [3.8, 4) is 0 Å². The summed E-state index contributed by atoms with van der Waals surface area (Å²) in [5.74, 6) is 1.07. The topological polar surface area (TPSA) is 46.2 Å². The zero-order valence-electron chi connectivity index (χ0n) is 29.6. The van der Waals surface area contributed by atoms with Crippen molar-refractivity contribution in [3.05, 3.63) is 0 Å².